The molecule has 0 bridgehead atoms. The molecular formula is C18H20BrN3O2S. The Morgan fingerprint density at radius 3 is 2.60 bits per heavy atom. The van der Waals surface area contributed by atoms with Gasteiger partial charge < -0.3 is 5.32 Å². The van der Waals surface area contributed by atoms with Gasteiger partial charge >= 0.3 is 6.03 Å². The number of nitrogens with zero attached hydrogens (tertiary/aromatic N) is 1. The van der Waals surface area contributed by atoms with E-state index < -0.39 is 6.03 Å². The van der Waals surface area contributed by atoms with Crippen LogP contribution in [-0.2, 0) is 17.9 Å². The van der Waals surface area contributed by atoms with Gasteiger partial charge in [-0.25, -0.2) is 4.79 Å². The average molecular weight is 422 g/mol. The van der Waals surface area contributed by atoms with E-state index in [0.717, 1.165) is 14.2 Å². The standard InChI is InChI=1S/C18H20BrN3O2S/c1-2-10-22(12-15-8-9-16(19)25-15)13-17(23)21-18(24)20-11-14-6-4-3-5-7-14/h2-9H,1,10-13H2,(H2,20,21,23,24). The second-order valence-electron chi connectivity index (χ2n) is 5.38. The molecule has 2 N–H and O–H groups in total. The van der Waals surface area contributed by atoms with Gasteiger partial charge in [0.2, 0.25) is 5.91 Å². The molecule has 0 saturated carbocycles. The Bertz CT molecular complexity index is 718. The van der Waals surface area contributed by atoms with Crippen LogP contribution in [0, 0.1) is 0 Å². The maximum Gasteiger partial charge on any atom is 0.321 e. The Labute approximate surface area is 159 Å². The fraction of sp³-hybridized carbons (Fsp3) is 0.222. The molecular weight excluding hydrogens is 402 g/mol. The van der Waals surface area contributed by atoms with Crippen LogP contribution in [0.3, 0.4) is 0 Å². The number of carbonyl (C=O) groups excluding carboxylic acids is 2. The van der Waals surface area contributed by atoms with E-state index in [-0.39, 0.29) is 12.5 Å². The minimum atomic E-state index is -0.494. The fourth-order valence-electron chi connectivity index (χ4n) is 2.22. The molecule has 0 aliphatic carbocycles. The minimum absolute atomic E-state index is 0.125. The van der Waals surface area contributed by atoms with Gasteiger partial charge in [-0.15, -0.1) is 17.9 Å². The Kier molecular flexibility index (Phi) is 7.84. The van der Waals surface area contributed by atoms with E-state index in [0.29, 0.717) is 19.6 Å². The Morgan fingerprint density at radius 2 is 1.96 bits per heavy atom. The maximum absolute atomic E-state index is 12.1. The zero-order chi connectivity index (χ0) is 18.1. The highest BCUT2D eigenvalue weighted by Crippen LogP contribution is 2.23. The predicted molar refractivity (Wildman–Crippen MR) is 104 cm³/mol. The summed E-state index contributed by atoms with van der Waals surface area (Å²) < 4.78 is 1.05. The van der Waals surface area contributed by atoms with E-state index in [1.54, 1.807) is 17.4 Å². The van der Waals surface area contributed by atoms with Gasteiger partial charge in [0.15, 0.2) is 0 Å². The third kappa shape index (κ3) is 7.21. The first-order valence-corrected chi connectivity index (χ1v) is 9.37. The zero-order valence-electron chi connectivity index (χ0n) is 13.7. The lowest BCUT2D eigenvalue weighted by molar-refractivity contribution is -0.121. The van der Waals surface area contributed by atoms with Gasteiger partial charge in [-0.2, -0.15) is 0 Å². The summed E-state index contributed by atoms with van der Waals surface area (Å²) >= 11 is 5.05. The number of carbonyl (C=O) groups is 2. The Hall–Kier alpha value is -1.96. The number of halogens is 1. The first-order valence-electron chi connectivity index (χ1n) is 7.76. The summed E-state index contributed by atoms with van der Waals surface area (Å²) in [6.07, 6.45) is 1.74. The highest BCUT2D eigenvalue weighted by molar-refractivity contribution is 9.11. The molecule has 0 unspecified atom stereocenters. The first kappa shape index (κ1) is 19.4. The van der Waals surface area contributed by atoms with Crippen LogP contribution in [0.5, 0.6) is 0 Å². The zero-order valence-corrected chi connectivity index (χ0v) is 16.1. The number of hydrogen-bond donors (Lipinski definition) is 2. The molecule has 2 rings (SSSR count). The van der Waals surface area contributed by atoms with Gasteiger partial charge in [0.25, 0.3) is 0 Å². The molecule has 132 valence electrons. The summed E-state index contributed by atoms with van der Waals surface area (Å²) in [5.41, 5.74) is 0.974. The van der Waals surface area contributed by atoms with E-state index in [1.807, 2.05) is 47.4 Å². The molecule has 0 atom stereocenters. The number of nitrogens with one attached hydrogen (secondary N) is 2. The molecule has 1 aromatic heterocycles. The van der Waals surface area contributed by atoms with Crippen LogP contribution in [-0.4, -0.2) is 29.9 Å². The largest absolute Gasteiger partial charge is 0.334 e. The summed E-state index contributed by atoms with van der Waals surface area (Å²) in [5, 5.41) is 5.03. The molecule has 2 aromatic rings. The SMILES string of the molecule is C=CCN(CC(=O)NC(=O)NCc1ccccc1)Cc1ccc(Br)s1. The first-order chi connectivity index (χ1) is 12.1. The van der Waals surface area contributed by atoms with Gasteiger partial charge in [-0.1, -0.05) is 36.4 Å². The van der Waals surface area contributed by atoms with Crippen molar-refractivity contribution in [3.8, 4) is 0 Å². The monoisotopic (exact) mass is 421 g/mol. The molecule has 0 spiro atoms. The molecule has 1 heterocycles. The van der Waals surface area contributed by atoms with Gasteiger partial charge in [-0.3, -0.25) is 15.0 Å². The Balaban J connectivity index is 1.79. The van der Waals surface area contributed by atoms with Crippen LogP contribution in [0.25, 0.3) is 0 Å². The topological polar surface area (TPSA) is 61.4 Å². The smallest absolute Gasteiger partial charge is 0.321 e. The molecule has 7 heteroatoms. The van der Waals surface area contributed by atoms with Crippen molar-refractivity contribution in [3.05, 3.63) is 69.3 Å². The number of benzene rings is 1. The number of amides is 3. The number of thiophene rings is 1. The van der Waals surface area contributed by atoms with Crippen LogP contribution in [0.2, 0.25) is 0 Å². The fourth-order valence-corrected chi connectivity index (χ4v) is 3.74. The van der Waals surface area contributed by atoms with Crippen molar-refractivity contribution in [1.29, 1.82) is 0 Å². The second-order valence-corrected chi connectivity index (χ2v) is 7.93. The number of hydrogen-bond acceptors (Lipinski definition) is 4. The van der Waals surface area contributed by atoms with E-state index in [9.17, 15) is 9.59 Å². The van der Waals surface area contributed by atoms with Gasteiger partial charge in [0.05, 0.1) is 10.3 Å². The van der Waals surface area contributed by atoms with Gasteiger partial charge in [0.1, 0.15) is 0 Å². The number of imide groups is 1. The van der Waals surface area contributed by atoms with Crippen molar-refractivity contribution in [2.45, 2.75) is 13.1 Å². The highest BCUT2D eigenvalue weighted by Gasteiger charge is 2.13. The summed E-state index contributed by atoms with van der Waals surface area (Å²) in [4.78, 5) is 27.0. The summed E-state index contributed by atoms with van der Waals surface area (Å²) in [6.45, 7) is 5.41. The highest BCUT2D eigenvalue weighted by atomic mass is 79.9. The molecule has 5 nitrogen and oxygen atoms in total. The van der Waals surface area contributed by atoms with Crippen molar-refractivity contribution in [2.24, 2.45) is 0 Å². The average Bonchev–Trinajstić information content (AvgIpc) is 2.99. The quantitative estimate of drug-likeness (QED) is 0.640. The van der Waals surface area contributed by atoms with Crippen molar-refractivity contribution in [3.63, 3.8) is 0 Å². The van der Waals surface area contributed by atoms with E-state index >= 15 is 0 Å². The van der Waals surface area contributed by atoms with Crippen LogP contribution in [0.4, 0.5) is 4.79 Å². The molecule has 0 radical (unpaired) electrons. The van der Waals surface area contributed by atoms with E-state index in [1.165, 1.54) is 0 Å². The molecule has 25 heavy (non-hydrogen) atoms. The normalized spacial score (nSPS) is 10.5. The van der Waals surface area contributed by atoms with E-state index in [2.05, 4.69) is 33.1 Å². The minimum Gasteiger partial charge on any atom is -0.334 e. The van der Waals surface area contributed by atoms with Crippen molar-refractivity contribution in [2.75, 3.05) is 13.1 Å². The number of urea groups is 1. The Morgan fingerprint density at radius 1 is 1.20 bits per heavy atom. The lowest BCUT2D eigenvalue weighted by Crippen LogP contribution is -2.44. The summed E-state index contributed by atoms with van der Waals surface area (Å²) in [5.74, 6) is -0.344. The third-order valence-corrected chi connectivity index (χ3v) is 4.92. The van der Waals surface area contributed by atoms with Crippen LogP contribution >= 0.6 is 27.3 Å². The molecule has 1 aromatic carbocycles. The maximum atomic E-state index is 12.1. The van der Waals surface area contributed by atoms with Gasteiger partial charge in [0, 0.05) is 24.5 Å². The lowest BCUT2D eigenvalue weighted by atomic mass is 10.2. The predicted octanol–water partition coefficient (Wildman–Crippen LogP) is 3.52. The number of rotatable bonds is 8. The van der Waals surface area contributed by atoms with Crippen molar-refractivity contribution >= 4 is 39.2 Å². The van der Waals surface area contributed by atoms with Crippen LogP contribution < -0.4 is 10.6 Å². The lowest BCUT2D eigenvalue weighted by Gasteiger charge is -2.19. The molecule has 0 aliphatic rings. The summed E-state index contributed by atoms with van der Waals surface area (Å²) in [7, 11) is 0. The summed E-state index contributed by atoms with van der Waals surface area (Å²) in [6, 6.07) is 13.0. The van der Waals surface area contributed by atoms with Crippen LogP contribution in [0.1, 0.15) is 10.4 Å². The van der Waals surface area contributed by atoms with Crippen molar-refractivity contribution in [1.82, 2.24) is 15.5 Å². The molecule has 0 fully saturated rings. The second kappa shape index (κ2) is 10.1. The third-order valence-electron chi connectivity index (χ3n) is 3.31. The van der Waals surface area contributed by atoms with Crippen LogP contribution in [0.15, 0.2) is 58.9 Å². The molecule has 0 aliphatic heterocycles. The molecule has 0 saturated heterocycles. The van der Waals surface area contributed by atoms with Crippen molar-refractivity contribution < 1.29 is 9.59 Å². The molecule has 3 amide bonds. The van der Waals surface area contributed by atoms with E-state index in [4.69, 9.17) is 0 Å². The van der Waals surface area contributed by atoms with Gasteiger partial charge in [-0.05, 0) is 33.6 Å².